The topological polar surface area (TPSA) is 173 Å². The lowest BCUT2D eigenvalue weighted by Gasteiger charge is -2.48. The van der Waals surface area contributed by atoms with E-state index in [-0.39, 0.29) is 0 Å². The third-order valence-electron chi connectivity index (χ3n) is 6.77. The standard InChI is InChI=1S/C26H36N2O9/c29-13-17-20(31)22(33)23(34)26(36-17)37-24-19(27-11-15-7-3-1-4-8-15)25(35-18(14-30)21(24)32)28-12-16-9-5-2-6-10-16/h1-10,17-34H,11-14H2/t17?,18?,19-,20+,21+,22?,23-,24?,25-,26+/m1/s1. The predicted octanol–water partition coefficient (Wildman–Crippen LogP) is -1.80. The number of hydrogen-bond acceptors (Lipinski definition) is 11. The van der Waals surface area contributed by atoms with Crippen LogP contribution in [0.2, 0.25) is 0 Å². The maximum absolute atomic E-state index is 11.1. The van der Waals surface area contributed by atoms with Crippen molar-refractivity contribution < 1.29 is 44.8 Å². The van der Waals surface area contributed by atoms with Crippen molar-refractivity contribution in [2.75, 3.05) is 13.2 Å². The average Bonchev–Trinajstić information content (AvgIpc) is 2.93. The van der Waals surface area contributed by atoms with Crippen LogP contribution in [0.15, 0.2) is 60.7 Å². The number of benzene rings is 2. The summed E-state index contributed by atoms with van der Waals surface area (Å²) in [5.74, 6) is 0. The van der Waals surface area contributed by atoms with Crippen molar-refractivity contribution in [3.05, 3.63) is 71.8 Å². The third-order valence-corrected chi connectivity index (χ3v) is 6.77. The van der Waals surface area contributed by atoms with E-state index in [1.165, 1.54) is 0 Å². The fourth-order valence-electron chi connectivity index (χ4n) is 4.64. The van der Waals surface area contributed by atoms with Gasteiger partial charge in [-0.3, -0.25) is 5.32 Å². The van der Waals surface area contributed by atoms with E-state index in [2.05, 4.69) is 10.6 Å². The molecule has 0 saturated carbocycles. The summed E-state index contributed by atoms with van der Waals surface area (Å²) in [6.45, 7) is -0.290. The molecule has 0 aliphatic carbocycles. The molecule has 4 unspecified atom stereocenters. The minimum absolute atomic E-state index is 0.392. The summed E-state index contributed by atoms with van der Waals surface area (Å²) in [6, 6.07) is 18.5. The summed E-state index contributed by atoms with van der Waals surface area (Å²) in [6.07, 6.45) is -11.6. The van der Waals surface area contributed by atoms with Crippen molar-refractivity contribution in [3.8, 4) is 0 Å². The highest BCUT2D eigenvalue weighted by Crippen LogP contribution is 2.29. The number of nitrogens with one attached hydrogen (secondary N) is 2. The van der Waals surface area contributed by atoms with Gasteiger partial charge in [0.1, 0.15) is 49.0 Å². The summed E-state index contributed by atoms with van der Waals surface area (Å²) in [5.41, 5.74) is 1.96. The second-order valence-electron chi connectivity index (χ2n) is 9.33. The monoisotopic (exact) mass is 520 g/mol. The number of aliphatic hydroxyl groups is 6. The predicted molar refractivity (Wildman–Crippen MR) is 131 cm³/mol. The highest BCUT2D eigenvalue weighted by molar-refractivity contribution is 5.16. The Hall–Kier alpha value is -2.00. The van der Waals surface area contributed by atoms with Gasteiger partial charge in [0, 0.05) is 13.1 Å². The van der Waals surface area contributed by atoms with Crippen LogP contribution in [0, 0.1) is 0 Å². The van der Waals surface area contributed by atoms with Crippen molar-refractivity contribution in [3.63, 3.8) is 0 Å². The van der Waals surface area contributed by atoms with Crippen molar-refractivity contribution in [1.29, 1.82) is 0 Å². The van der Waals surface area contributed by atoms with E-state index < -0.39 is 74.5 Å². The normalized spacial score (nSPS) is 36.4. The molecule has 11 heteroatoms. The zero-order valence-electron chi connectivity index (χ0n) is 20.3. The summed E-state index contributed by atoms with van der Waals surface area (Å²) in [4.78, 5) is 0. The summed E-state index contributed by atoms with van der Waals surface area (Å²) < 4.78 is 17.6. The van der Waals surface area contributed by atoms with Crippen LogP contribution in [0.25, 0.3) is 0 Å². The largest absolute Gasteiger partial charge is 0.394 e. The molecule has 4 rings (SSSR count). The molecule has 0 radical (unpaired) electrons. The Morgan fingerprint density at radius 2 is 1.19 bits per heavy atom. The van der Waals surface area contributed by atoms with Crippen molar-refractivity contribution in [1.82, 2.24) is 10.6 Å². The summed E-state index contributed by atoms with van der Waals surface area (Å²) in [5, 5.41) is 68.1. The van der Waals surface area contributed by atoms with Gasteiger partial charge in [0.2, 0.25) is 0 Å². The Balaban J connectivity index is 1.57. The van der Waals surface area contributed by atoms with Gasteiger partial charge in [0.25, 0.3) is 0 Å². The molecule has 2 aromatic carbocycles. The Morgan fingerprint density at radius 3 is 1.76 bits per heavy atom. The Bertz CT molecular complexity index is 938. The number of rotatable bonds is 10. The SMILES string of the molecule is OCC1O[C@@H](OC2[C@@H](O)C(CO)O[C@@H](NCc3ccccc3)[C@@H]2NCc2ccccc2)[C@H](O)C(O)[C@H]1O. The first-order chi connectivity index (χ1) is 17.9. The molecule has 8 N–H and O–H groups in total. The molecular formula is C26H36N2O9. The first-order valence-electron chi connectivity index (χ1n) is 12.4. The van der Waals surface area contributed by atoms with Gasteiger partial charge in [0.05, 0.1) is 19.3 Å². The van der Waals surface area contributed by atoms with Crippen LogP contribution in [0.5, 0.6) is 0 Å². The molecule has 2 aliphatic heterocycles. The van der Waals surface area contributed by atoms with E-state index in [0.29, 0.717) is 13.1 Å². The molecule has 0 amide bonds. The Kier molecular flexibility index (Phi) is 9.98. The number of aliphatic hydroxyl groups excluding tert-OH is 6. The highest BCUT2D eigenvalue weighted by atomic mass is 16.7. The van der Waals surface area contributed by atoms with Gasteiger partial charge < -0.3 is 50.2 Å². The first-order valence-corrected chi connectivity index (χ1v) is 12.4. The molecule has 2 fully saturated rings. The van der Waals surface area contributed by atoms with Crippen molar-refractivity contribution >= 4 is 0 Å². The highest BCUT2D eigenvalue weighted by Gasteiger charge is 2.50. The lowest BCUT2D eigenvalue weighted by Crippen LogP contribution is -2.69. The zero-order chi connectivity index (χ0) is 26.4. The second-order valence-corrected chi connectivity index (χ2v) is 9.33. The average molecular weight is 521 g/mol. The molecule has 2 aromatic rings. The fourth-order valence-corrected chi connectivity index (χ4v) is 4.64. The molecular weight excluding hydrogens is 484 g/mol. The third kappa shape index (κ3) is 6.72. The first kappa shape index (κ1) is 28.0. The summed E-state index contributed by atoms with van der Waals surface area (Å²) >= 11 is 0. The van der Waals surface area contributed by atoms with E-state index >= 15 is 0 Å². The maximum Gasteiger partial charge on any atom is 0.187 e. The van der Waals surface area contributed by atoms with E-state index in [9.17, 15) is 30.6 Å². The van der Waals surface area contributed by atoms with Crippen molar-refractivity contribution in [2.24, 2.45) is 0 Å². The molecule has 0 bridgehead atoms. The van der Waals surface area contributed by atoms with Crippen LogP contribution in [0.1, 0.15) is 11.1 Å². The smallest absolute Gasteiger partial charge is 0.187 e. The van der Waals surface area contributed by atoms with Gasteiger partial charge in [-0.25, -0.2) is 0 Å². The van der Waals surface area contributed by atoms with Gasteiger partial charge in [0.15, 0.2) is 6.29 Å². The van der Waals surface area contributed by atoms with Crippen LogP contribution in [-0.4, -0.2) is 105 Å². The Morgan fingerprint density at radius 1 is 0.649 bits per heavy atom. The minimum Gasteiger partial charge on any atom is -0.394 e. The quantitative estimate of drug-likeness (QED) is 0.178. The fraction of sp³-hybridized carbons (Fsp3) is 0.538. The van der Waals surface area contributed by atoms with Crippen LogP contribution >= 0.6 is 0 Å². The van der Waals surface area contributed by atoms with E-state index in [1.807, 2.05) is 60.7 Å². The molecule has 11 nitrogen and oxygen atoms in total. The van der Waals surface area contributed by atoms with Gasteiger partial charge in [-0.1, -0.05) is 60.7 Å². The lowest BCUT2D eigenvalue weighted by atomic mass is 9.94. The van der Waals surface area contributed by atoms with Crippen molar-refractivity contribution in [2.45, 2.75) is 74.4 Å². The molecule has 2 heterocycles. The Labute approximate surface area is 215 Å². The molecule has 37 heavy (non-hydrogen) atoms. The zero-order valence-corrected chi connectivity index (χ0v) is 20.3. The maximum atomic E-state index is 11.1. The number of hydrogen-bond donors (Lipinski definition) is 8. The van der Waals surface area contributed by atoms with Gasteiger partial charge in [-0.15, -0.1) is 0 Å². The second kappa shape index (κ2) is 13.2. The minimum atomic E-state index is -1.65. The van der Waals surface area contributed by atoms with Crippen LogP contribution < -0.4 is 10.6 Å². The molecule has 10 atom stereocenters. The van der Waals surface area contributed by atoms with Gasteiger partial charge in [-0.2, -0.15) is 0 Å². The number of ether oxygens (including phenoxy) is 3. The van der Waals surface area contributed by atoms with Gasteiger partial charge >= 0.3 is 0 Å². The molecule has 2 saturated heterocycles. The molecule has 2 aliphatic rings. The van der Waals surface area contributed by atoms with Gasteiger partial charge in [-0.05, 0) is 11.1 Å². The molecule has 0 spiro atoms. The van der Waals surface area contributed by atoms with Crippen LogP contribution in [0.3, 0.4) is 0 Å². The molecule has 0 aromatic heterocycles. The van der Waals surface area contributed by atoms with Crippen LogP contribution in [-0.2, 0) is 27.3 Å². The van der Waals surface area contributed by atoms with E-state index in [4.69, 9.17) is 14.2 Å². The molecule has 204 valence electrons. The lowest BCUT2D eigenvalue weighted by molar-refractivity contribution is -0.333. The van der Waals surface area contributed by atoms with E-state index in [1.54, 1.807) is 0 Å². The van der Waals surface area contributed by atoms with E-state index in [0.717, 1.165) is 11.1 Å². The summed E-state index contributed by atoms with van der Waals surface area (Å²) in [7, 11) is 0. The van der Waals surface area contributed by atoms with Crippen LogP contribution in [0.4, 0.5) is 0 Å².